The number of halogens is 1. The molecule has 0 spiro atoms. The molecule has 1 saturated heterocycles. The molecule has 3 atom stereocenters. The third-order valence-corrected chi connectivity index (χ3v) is 6.71. The van der Waals surface area contributed by atoms with Crippen molar-refractivity contribution in [3.05, 3.63) is 0 Å². The second-order valence-corrected chi connectivity index (χ2v) is 8.87. The molecule has 8 heteroatoms. The van der Waals surface area contributed by atoms with Crippen molar-refractivity contribution in [2.45, 2.75) is 57.2 Å². The zero-order valence-corrected chi connectivity index (χ0v) is 19.5. The molecule has 154 valence electrons. The Labute approximate surface area is 178 Å². The van der Waals surface area contributed by atoms with Crippen LogP contribution in [0.2, 0.25) is 0 Å². The zero-order valence-electron chi connectivity index (χ0n) is 16.4. The maximum Gasteiger partial charge on any atom is 0.191 e. The highest BCUT2D eigenvalue weighted by atomic mass is 127. The number of aliphatic imine (C=N–C) groups is 1. The molecule has 0 amide bonds. The van der Waals surface area contributed by atoms with Crippen molar-refractivity contribution in [2.24, 2.45) is 4.99 Å². The van der Waals surface area contributed by atoms with Gasteiger partial charge in [0, 0.05) is 60.6 Å². The lowest BCUT2D eigenvalue weighted by Gasteiger charge is -2.30. The molecule has 0 aromatic carbocycles. The fourth-order valence-corrected chi connectivity index (χ4v) is 4.92. The van der Waals surface area contributed by atoms with E-state index in [0.717, 1.165) is 89.8 Å². The van der Waals surface area contributed by atoms with Crippen molar-refractivity contribution in [3.8, 4) is 0 Å². The highest BCUT2D eigenvalue weighted by Crippen LogP contribution is 2.22. The van der Waals surface area contributed by atoms with Crippen molar-refractivity contribution < 1.29 is 8.95 Å². The summed E-state index contributed by atoms with van der Waals surface area (Å²) in [6.45, 7) is 10.7. The van der Waals surface area contributed by atoms with E-state index in [1.165, 1.54) is 0 Å². The summed E-state index contributed by atoms with van der Waals surface area (Å²) in [5.41, 5.74) is 0. The van der Waals surface area contributed by atoms with Gasteiger partial charge in [-0.2, -0.15) is 0 Å². The van der Waals surface area contributed by atoms with E-state index in [2.05, 4.69) is 22.5 Å². The van der Waals surface area contributed by atoms with Gasteiger partial charge in [0.05, 0.1) is 13.2 Å². The van der Waals surface area contributed by atoms with E-state index >= 15 is 0 Å². The lowest BCUT2D eigenvalue weighted by molar-refractivity contribution is 0.0377. The van der Waals surface area contributed by atoms with E-state index in [0.29, 0.717) is 11.3 Å². The minimum atomic E-state index is -0.679. The zero-order chi connectivity index (χ0) is 17.9. The maximum atomic E-state index is 12.1. The van der Waals surface area contributed by atoms with Crippen molar-refractivity contribution in [3.63, 3.8) is 0 Å². The average molecular weight is 500 g/mol. The molecular formula is C18H37IN4O2S. The van der Waals surface area contributed by atoms with Crippen LogP contribution in [0, 0.1) is 0 Å². The summed E-state index contributed by atoms with van der Waals surface area (Å²) < 4.78 is 17.5. The number of hydrogen-bond donors (Lipinski definition) is 2. The van der Waals surface area contributed by atoms with Crippen LogP contribution in [0.15, 0.2) is 4.99 Å². The van der Waals surface area contributed by atoms with Crippen LogP contribution >= 0.6 is 24.0 Å². The minimum absolute atomic E-state index is 0. The van der Waals surface area contributed by atoms with Crippen LogP contribution < -0.4 is 10.6 Å². The second kappa shape index (κ2) is 14.1. The molecule has 3 unspecified atom stereocenters. The van der Waals surface area contributed by atoms with Gasteiger partial charge in [-0.25, -0.2) is 0 Å². The number of guanidine groups is 1. The van der Waals surface area contributed by atoms with Gasteiger partial charge >= 0.3 is 0 Å². The number of nitrogens with one attached hydrogen (secondary N) is 2. The predicted octanol–water partition coefficient (Wildman–Crippen LogP) is 1.96. The summed E-state index contributed by atoms with van der Waals surface area (Å²) in [4.78, 5) is 7.19. The Hall–Kier alpha value is 0.0700. The monoisotopic (exact) mass is 500 g/mol. The first-order chi connectivity index (χ1) is 12.2. The smallest absolute Gasteiger partial charge is 0.191 e. The number of morpholine rings is 1. The Kier molecular flexibility index (Phi) is 13.1. The number of hydrogen-bond acceptors (Lipinski definition) is 4. The van der Waals surface area contributed by atoms with E-state index in [1.54, 1.807) is 0 Å². The minimum Gasteiger partial charge on any atom is -0.379 e. The van der Waals surface area contributed by atoms with Crippen LogP contribution in [0.5, 0.6) is 0 Å². The van der Waals surface area contributed by atoms with Gasteiger partial charge in [0.25, 0.3) is 0 Å². The highest BCUT2D eigenvalue weighted by Gasteiger charge is 2.26. The summed E-state index contributed by atoms with van der Waals surface area (Å²) in [6, 6.07) is 0.395. The maximum absolute atomic E-state index is 12.1. The highest BCUT2D eigenvalue weighted by molar-refractivity contribution is 14.0. The summed E-state index contributed by atoms with van der Waals surface area (Å²) in [7, 11) is -0.679. The lowest BCUT2D eigenvalue weighted by Crippen LogP contribution is -2.46. The summed E-state index contributed by atoms with van der Waals surface area (Å²) >= 11 is 0. The van der Waals surface area contributed by atoms with Crippen LogP contribution in [0.3, 0.4) is 0 Å². The third kappa shape index (κ3) is 8.84. The third-order valence-electron chi connectivity index (χ3n) is 4.97. The molecule has 1 aliphatic carbocycles. The van der Waals surface area contributed by atoms with Gasteiger partial charge in [0.2, 0.25) is 0 Å². The molecule has 0 aromatic heterocycles. The molecule has 0 aromatic rings. The molecule has 6 nitrogen and oxygen atoms in total. The fourth-order valence-electron chi connectivity index (χ4n) is 3.57. The van der Waals surface area contributed by atoms with Gasteiger partial charge in [-0.1, -0.05) is 13.3 Å². The Morgan fingerprint density at radius 2 is 2.04 bits per heavy atom. The van der Waals surface area contributed by atoms with Crippen molar-refractivity contribution in [1.29, 1.82) is 0 Å². The van der Waals surface area contributed by atoms with Gasteiger partial charge in [-0.15, -0.1) is 24.0 Å². The van der Waals surface area contributed by atoms with Crippen molar-refractivity contribution in [2.75, 3.05) is 51.7 Å². The normalized spacial score (nSPS) is 26.0. The first-order valence-corrected chi connectivity index (χ1v) is 11.3. The second-order valence-electron chi connectivity index (χ2n) is 6.87. The molecule has 26 heavy (non-hydrogen) atoms. The quantitative estimate of drug-likeness (QED) is 0.231. The van der Waals surface area contributed by atoms with Crippen LogP contribution in [-0.4, -0.2) is 78.1 Å². The first kappa shape index (κ1) is 24.1. The predicted molar refractivity (Wildman–Crippen MR) is 121 cm³/mol. The molecule has 0 bridgehead atoms. The molecule has 1 heterocycles. The van der Waals surface area contributed by atoms with Crippen LogP contribution in [-0.2, 0) is 15.5 Å². The van der Waals surface area contributed by atoms with Gasteiger partial charge < -0.3 is 15.4 Å². The topological polar surface area (TPSA) is 66.0 Å². The van der Waals surface area contributed by atoms with Crippen LogP contribution in [0.25, 0.3) is 0 Å². The molecular weight excluding hydrogens is 463 g/mol. The lowest BCUT2D eigenvalue weighted by atomic mass is 9.95. The summed E-state index contributed by atoms with van der Waals surface area (Å²) in [5, 5.41) is 7.28. The average Bonchev–Trinajstić information content (AvgIpc) is 2.65. The van der Waals surface area contributed by atoms with Gasteiger partial charge in [-0.3, -0.25) is 14.1 Å². The van der Waals surface area contributed by atoms with Gasteiger partial charge in [0.15, 0.2) is 5.96 Å². The number of rotatable bonds is 8. The van der Waals surface area contributed by atoms with Crippen LogP contribution in [0.4, 0.5) is 0 Å². The van der Waals surface area contributed by atoms with E-state index < -0.39 is 10.8 Å². The van der Waals surface area contributed by atoms with E-state index in [-0.39, 0.29) is 24.0 Å². The first-order valence-electron chi connectivity index (χ1n) is 9.95. The number of nitrogens with zero attached hydrogens (tertiary/aromatic N) is 2. The van der Waals surface area contributed by atoms with E-state index in [9.17, 15) is 4.21 Å². The molecule has 2 N–H and O–H groups in total. The SMILES string of the molecule is CCNC(=NCCCN1CCOCC1)NC1CCCC(S(=O)CC)C1.I. The molecule has 2 rings (SSSR count). The summed E-state index contributed by atoms with van der Waals surface area (Å²) in [5.74, 6) is 1.69. The fraction of sp³-hybridized carbons (Fsp3) is 0.944. The van der Waals surface area contributed by atoms with E-state index in [1.807, 2.05) is 6.92 Å². The molecule has 2 fully saturated rings. The molecule has 2 aliphatic rings. The Balaban J connectivity index is 0.00000338. The molecule has 1 saturated carbocycles. The Morgan fingerprint density at radius 1 is 1.27 bits per heavy atom. The Bertz CT molecular complexity index is 433. The standard InChI is InChI=1S/C18H36N4O2S.HI/c1-3-19-18(20-9-6-10-22-11-13-24-14-12-22)21-16-7-5-8-17(15-16)25(23)4-2;/h16-17H,3-15H2,1-2H3,(H2,19,20,21);1H. The Morgan fingerprint density at radius 3 is 2.73 bits per heavy atom. The van der Waals surface area contributed by atoms with Crippen LogP contribution in [0.1, 0.15) is 46.0 Å². The number of ether oxygens (including phenoxy) is 1. The molecule has 1 aliphatic heterocycles. The van der Waals surface area contributed by atoms with E-state index in [4.69, 9.17) is 9.73 Å². The van der Waals surface area contributed by atoms with Crippen molar-refractivity contribution >= 4 is 40.7 Å². The molecule has 0 radical (unpaired) electrons. The van der Waals surface area contributed by atoms with Gasteiger partial charge in [0.1, 0.15) is 0 Å². The van der Waals surface area contributed by atoms with Gasteiger partial charge in [-0.05, 0) is 32.6 Å². The largest absolute Gasteiger partial charge is 0.379 e. The summed E-state index contributed by atoms with van der Waals surface area (Å²) in [6.07, 6.45) is 5.48. The van der Waals surface area contributed by atoms with Crippen molar-refractivity contribution in [1.82, 2.24) is 15.5 Å².